The van der Waals surface area contributed by atoms with Gasteiger partial charge in [-0.25, -0.2) is 8.42 Å². The average Bonchev–Trinajstić information content (AvgIpc) is 3.31. The topological polar surface area (TPSA) is 60.2 Å². The van der Waals surface area contributed by atoms with E-state index in [1.165, 1.54) is 5.56 Å². The van der Waals surface area contributed by atoms with Gasteiger partial charge in [-0.3, -0.25) is 0 Å². The lowest BCUT2D eigenvalue weighted by Crippen LogP contribution is -2.13. The molecule has 1 saturated carbocycles. The summed E-state index contributed by atoms with van der Waals surface area (Å²) in [6.07, 6.45) is 0.983. The van der Waals surface area contributed by atoms with Crippen molar-refractivity contribution in [3.05, 3.63) is 65.7 Å². The summed E-state index contributed by atoms with van der Waals surface area (Å²) in [5.41, 5.74) is 8.16. The Bertz CT molecular complexity index is 738. The monoisotopic (exact) mass is 315 g/mol. The SMILES string of the molecule is CCc1ccc([C@@H]2[C@@H](CN)[C@@H]2S(=O)(=O)c2ccccc2)cc1. The zero-order valence-electron chi connectivity index (χ0n) is 12.6. The van der Waals surface area contributed by atoms with Crippen LogP contribution in [-0.2, 0) is 16.3 Å². The van der Waals surface area contributed by atoms with Crippen molar-refractivity contribution in [2.75, 3.05) is 6.54 Å². The fraction of sp³-hybridized carbons (Fsp3) is 0.333. The Morgan fingerprint density at radius 1 is 1.00 bits per heavy atom. The van der Waals surface area contributed by atoms with Crippen LogP contribution in [0.2, 0.25) is 0 Å². The zero-order chi connectivity index (χ0) is 15.7. The van der Waals surface area contributed by atoms with E-state index in [0.717, 1.165) is 12.0 Å². The standard InChI is InChI=1S/C18H21NO2S/c1-2-13-8-10-14(11-9-13)17-16(12-19)18(17)22(20,21)15-6-4-3-5-7-15/h3-11,16-18H,2,12,19H2,1H3/t16-,17-,18+/m1/s1. The minimum atomic E-state index is -3.32. The van der Waals surface area contributed by atoms with E-state index in [1.54, 1.807) is 24.3 Å². The van der Waals surface area contributed by atoms with E-state index in [-0.39, 0.29) is 11.8 Å². The van der Waals surface area contributed by atoms with E-state index in [2.05, 4.69) is 19.1 Å². The molecule has 0 bridgehead atoms. The van der Waals surface area contributed by atoms with Crippen LogP contribution >= 0.6 is 0 Å². The highest BCUT2D eigenvalue weighted by atomic mass is 32.2. The molecular formula is C18H21NO2S. The third kappa shape index (κ3) is 2.57. The van der Waals surface area contributed by atoms with Gasteiger partial charge in [0.2, 0.25) is 0 Å². The molecule has 1 aliphatic carbocycles. The van der Waals surface area contributed by atoms with Crippen molar-refractivity contribution in [3.8, 4) is 0 Å². The van der Waals surface area contributed by atoms with Crippen LogP contribution in [0, 0.1) is 5.92 Å². The molecule has 4 heteroatoms. The molecule has 3 atom stereocenters. The van der Waals surface area contributed by atoms with Crippen molar-refractivity contribution in [1.29, 1.82) is 0 Å². The molecule has 2 aromatic rings. The third-order valence-electron chi connectivity index (χ3n) is 4.57. The van der Waals surface area contributed by atoms with Gasteiger partial charge >= 0.3 is 0 Å². The van der Waals surface area contributed by atoms with Crippen molar-refractivity contribution in [2.45, 2.75) is 29.4 Å². The van der Waals surface area contributed by atoms with Crippen LogP contribution in [0.25, 0.3) is 0 Å². The molecule has 0 amide bonds. The number of hydrogen-bond donors (Lipinski definition) is 1. The molecular weight excluding hydrogens is 294 g/mol. The zero-order valence-corrected chi connectivity index (χ0v) is 13.5. The second kappa shape index (κ2) is 5.86. The molecule has 3 rings (SSSR count). The van der Waals surface area contributed by atoms with Gasteiger partial charge < -0.3 is 5.73 Å². The Kier molecular flexibility index (Phi) is 4.06. The lowest BCUT2D eigenvalue weighted by Gasteiger charge is -2.05. The molecule has 1 aliphatic rings. The molecule has 0 saturated heterocycles. The average molecular weight is 315 g/mol. The molecule has 1 fully saturated rings. The molecule has 22 heavy (non-hydrogen) atoms. The van der Waals surface area contributed by atoms with Crippen molar-refractivity contribution in [2.24, 2.45) is 11.7 Å². The van der Waals surface area contributed by atoms with Gasteiger partial charge in [0, 0.05) is 5.92 Å². The lowest BCUT2D eigenvalue weighted by atomic mass is 10.1. The molecule has 0 aliphatic heterocycles. The summed E-state index contributed by atoms with van der Waals surface area (Å²) in [6.45, 7) is 2.51. The first-order chi connectivity index (χ1) is 10.6. The Balaban J connectivity index is 1.91. The predicted molar refractivity (Wildman–Crippen MR) is 88.5 cm³/mol. The van der Waals surface area contributed by atoms with E-state index in [0.29, 0.717) is 11.4 Å². The van der Waals surface area contributed by atoms with Crippen LogP contribution in [-0.4, -0.2) is 20.2 Å². The van der Waals surface area contributed by atoms with Crippen LogP contribution in [0.15, 0.2) is 59.5 Å². The number of sulfone groups is 1. The first kappa shape index (κ1) is 15.3. The molecule has 116 valence electrons. The Morgan fingerprint density at radius 3 is 2.18 bits per heavy atom. The summed E-state index contributed by atoms with van der Waals surface area (Å²) < 4.78 is 25.6. The maximum atomic E-state index is 12.8. The van der Waals surface area contributed by atoms with Gasteiger partial charge in [0.25, 0.3) is 0 Å². The van der Waals surface area contributed by atoms with Crippen LogP contribution < -0.4 is 5.73 Å². The quantitative estimate of drug-likeness (QED) is 0.923. The van der Waals surface area contributed by atoms with Crippen molar-refractivity contribution < 1.29 is 8.42 Å². The summed E-state index contributed by atoms with van der Waals surface area (Å²) >= 11 is 0. The lowest BCUT2D eigenvalue weighted by molar-refractivity contribution is 0.591. The molecule has 2 aromatic carbocycles. The van der Waals surface area contributed by atoms with E-state index in [1.807, 2.05) is 18.2 Å². The fourth-order valence-corrected chi connectivity index (χ4v) is 5.47. The highest BCUT2D eigenvalue weighted by Gasteiger charge is 2.57. The summed E-state index contributed by atoms with van der Waals surface area (Å²) in [6, 6.07) is 16.9. The van der Waals surface area contributed by atoms with Crippen LogP contribution in [0.3, 0.4) is 0 Å². The summed E-state index contributed by atoms with van der Waals surface area (Å²) in [4.78, 5) is 0.395. The van der Waals surface area contributed by atoms with Gasteiger partial charge in [0.1, 0.15) is 0 Å². The van der Waals surface area contributed by atoms with E-state index >= 15 is 0 Å². The first-order valence-electron chi connectivity index (χ1n) is 7.67. The van der Waals surface area contributed by atoms with Gasteiger partial charge in [-0.2, -0.15) is 0 Å². The molecule has 3 nitrogen and oxygen atoms in total. The number of aryl methyl sites for hydroxylation is 1. The summed E-state index contributed by atoms with van der Waals surface area (Å²) in [7, 11) is -3.32. The first-order valence-corrected chi connectivity index (χ1v) is 9.22. The third-order valence-corrected chi connectivity index (χ3v) is 6.86. The van der Waals surface area contributed by atoms with E-state index < -0.39 is 15.1 Å². The minimum Gasteiger partial charge on any atom is -0.330 e. The van der Waals surface area contributed by atoms with Gasteiger partial charge in [0.05, 0.1) is 10.1 Å². The molecule has 0 unspecified atom stereocenters. The van der Waals surface area contributed by atoms with Gasteiger partial charge in [-0.05, 0) is 42.1 Å². The number of benzene rings is 2. The maximum absolute atomic E-state index is 12.8. The van der Waals surface area contributed by atoms with Crippen molar-refractivity contribution in [3.63, 3.8) is 0 Å². The number of hydrogen-bond acceptors (Lipinski definition) is 3. The second-order valence-electron chi connectivity index (χ2n) is 5.84. The van der Waals surface area contributed by atoms with Gasteiger partial charge in [-0.15, -0.1) is 0 Å². The predicted octanol–water partition coefficient (Wildman–Crippen LogP) is 2.76. The van der Waals surface area contributed by atoms with E-state index in [9.17, 15) is 8.42 Å². The molecule has 0 radical (unpaired) electrons. The smallest absolute Gasteiger partial charge is 0.182 e. The molecule has 2 N–H and O–H groups in total. The Labute approximate surface area is 132 Å². The summed E-state index contributed by atoms with van der Waals surface area (Å²) in [5.74, 6) is 0.0267. The van der Waals surface area contributed by atoms with Crippen LogP contribution in [0.1, 0.15) is 24.0 Å². The highest BCUT2D eigenvalue weighted by Crippen LogP contribution is 2.53. The second-order valence-corrected chi connectivity index (χ2v) is 7.95. The van der Waals surface area contributed by atoms with Crippen LogP contribution in [0.4, 0.5) is 0 Å². The van der Waals surface area contributed by atoms with Crippen molar-refractivity contribution in [1.82, 2.24) is 0 Å². The highest BCUT2D eigenvalue weighted by molar-refractivity contribution is 7.92. The van der Waals surface area contributed by atoms with Crippen LogP contribution in [0.5, 0.6) is 0 Å². The number of nitrogens with two attached hydrogens (primary N) is 1. The van der Waals surface area contributed by atoms with E-state index in [4.69, 9.17) is 5.73 Å². The molecule has 0 spiro atoms. The molecule has 0 heterocycles. The van der Waals surface area contributed by atoms with Crippen molar-refractivity contribution >= 4 is 9.84 Å². The summed E-state index contributed by atoms with van der Waals surface area (Å²) in [5, 5.41) is -0.396. The Morgan fingerprint density at radius 2 is 1.64 bits per heavy atom. The minimum absolute atomic E-state index is 0.0117. The van der Waals surface area contributed by atoms with Gasteiger partial charge in [0.15, 0.2) is 9.84 Å². The van der Waals surface area contributed by atoms with Gasteiger partial charge in [-0.1, -0.05) is 49.4 Å². The maximum Gasteiger partial charge on any atom is 0.182 e. The fourth-order valence-electron chi connectivity index (χ4n) is 3.23. The largest absolute Gasteiger partial charge is 0.330 e. The normalized spacial score (nSPS) is 24.2. The molecule has 0 aromatic heterocycles. The number of rotatable bonds is 5. The Hall–Kier alpha value is -1.65.